The number of anilines is 1. The number of benzene rings is 2. The average Bonchev–Trinajstić information content (AvgIpc) is 3.18. The number of ether oxygens (including phenoxy) is 2. The van der Waals surface area contributed by atoms with Crippen LogP contribution in [-0.2, 0) is 22.7 Å². The minimum Gasteiger partial charge on any atom is -0.494 e. The smallest absolute Gasteiger partial charge is 0.328 e. The quantitative estimate of drug-likeness (QED) is 0.449. The van der Waals surface area contributed by atoms with Gasteiger partial charge in [-0.05, 0) is 30.7 Å². The van der Waals surface area contributed by atoms with E-state index in [0.29, 0.717) is 22.6 Å². The van der Waals surface area contributed by atoms with E-state index < -0.39 is 5.97 Å². The molecule has 0 saturated carbocycles. The van der Waals surface area contributed by atoms with Gasteiger partial charge in [0, 0.05) is 23.3 Å². The molecule has 0 aliphatic heterocycles. The normalized spacial score (nSPS) is 10.7. The average molecular weight is 430 g/mol. The monoisotopic (exact) mass is 430 g/mol. The SMILES string of the molecule is COc1cc2nn(CC(=O)OCc3ccccc3)cc2cc1NC(=O)c1cccc(C)n1. The van der Waals surface area contributed by atoms with Crippen LogP contribution in [0.15, 0.2) is 66.9 Å². The van der Waals surface area contributed by atoms with Gasteiger partial charge in [-0.15, -0.1) is 0 Å². The van der Waals surface area contributed by atoms with Crippen molar-refractivity contribution in [2.75, 3.05) is 12.4 Å². The van der Waals surface area contributed by atoms with E-state index in [-0.39, 0.29) is 19.1 Å². The number of carbonyl (C=O) groups excluding carboxylic acids is 2. The molecule has 8 nitrogen and oxygen atoms in total. The number of rotatable bonds is 7. The number of nitrogens with zero attached hydrogens (tertiary/aromatic N) is 3. The van der Waals surface area contributed by atoms with Gasteiger partial charge < -0.3 is 14.8 Å². The topological polar surface area (TPSA) is 95.3 Å². The van der Waals surface area contributed by atoms with Crippen molar-refractivity contribution in [2.45, 2.75) is 20.1 Å². The van der Waals surface area contributed by atoms with Gasteiger partial charge in [0.05, 0.1) is 18.3 Å². The largest absolute Gasteiger partial charge is 0.494 e. The summed E-state index contributed by atoms with van der Waals surface area (Å²) in [4.78, 5) is 29.1. The molecule has 0 aliphatic rings. The number of methoxy groups -OCH3 is 1. The van der Waals surface area contributed by atoms with Gasteiger partial charge in [0.25, 0.3) is 5.91 Å². The summed E-state index contributed by atoms with van der Waals surface area (Å²) in [6, 6.07) is 18.2. The maximum absolute atomic E-state index is 12.6. The van der Waals surface area contributed by atoms with Crippen molar-refractivity contribution < 1.29 is 19.1 Å². The highest BCUT2D eigenvalue weighted by Gasteiger charge is 2.15. The molecule has 162 valence electrons. The Morgan fingerprint density at radius 2 is 1.88 bits per heavy atom. The fourth-order valence-electron chi connectivity index (χ4n) is 3.22. The molecule has 0 spiro atoms. The van der Waals surface area contributed by atoms with Crippen LogP contribution in [0, 0.1) is 6.92 Å². The first-order valence-electron chi connectivity index (χ1n) is 10.0. The van der Waals surface area contributed by atoms with E-state index in [1.54, 1.807) is 30.5 Å². The number of amides is 1. The highest BCUT2D eigenvalue weighted by Crippen LogP contribution is 2.30. The van der Waals surface area contributed by atoms with Crippen molar-refractivity contribution in [1.82, 2.24) is 14.8 Å². The summed E-state index contributed by atoms with van der Waals surface area (Å²) >= 11 is 0. The van der Waals surface area contributed by atoms with Crippen LogP contribution in [0.2, 0.25) is 0 Å². The molecule has 8 heteroatoms. The first-order chi connectivity index (χ1) is 15.5. The van der Waals surface area contributed by atoms with Gasteiger partial charge in [-0.25, -0.2) is 4.98 Å². The van der Waals surface area contributed by atoms with Crippen molar-refractivity contribution in [2.24, 2.45) is 0 Å². The lowest BCUT2D eigenvalue weighted by molar-refractivity contribution is -0.145. The highest BCUT2D eigenvalue weighted by atomic mass is 16.5. The van der Waals surface area contributed by atoms with Gasteiger partial charge in [0.2, 0.25) is 0 Å². The Morgan fingerprint density at radius 3 is 2.62 bits per heavy atom. The van der Waals surface area contributed by atoms with E-state index >= 15 is 0 Å². The third-order valence-electron chi connectivity index (χ3n) is 4.78. The number of hydrogen-bond acceptors (Lipinski definition) is 6. The third kappa shape index (κ3) is 4.92. The highest BCUT2D eigenvalue weighted by molar-refractivity contribution is 6.05. The predicted octanol–water partition coefficient (Wildman–Crippen LogP) is 3.74. The van der Waals surface area contributed by atoms with Gasteiger partial charge >= 0.3 is 5.97 Å². The molecule has 1 N–H and O–H groups in total. The molecule has 0 unspecified atom stereocenters. The fraction of sp³-hybridized carbons (Fsp3) is 0.167. The molecule has 2 aromatic heterocycles. The lowest BCUT2D eigenvalue weighted by atomic mass is 10.2. The molecule has 0 radical (unpaired) electrons. The van der Waals surface area contributed by atoms with Crippen LogP contribution < -0.4 is 10.1 Å². The first-order valence-corrected chi connectivity index (χ1v) is 10.0. The fourth-order valence-corrected chi connectivity index (χ4v) is 3.22. The molecule has 0 saturated heterocycles. The van der Waals surface area contributed by atoms with Gasteiger partial charge in [-0.2, -0.15) is 5.10 Å². The summed E-state index contributed by atoms with van der Waals surface area (Å²) in [5.41, 5.74) is 3.09. The van der Waals surface area contributed by atoms with Crippen molar-refractivity contribution in [3.8, 4) is 5.75 Å². The number of hydrogen-bond donors (Lipinski definition) is 1. The summed E-state index contributed by atoms with van der Waals surface area (Å²) in [5.74, 6) is -0.286. The minimum atomic E-state index is -0.396. The number of fused-ring (bicyclic) bond motifs is 1. The summed E-state index contributed by atoms with van der Waals surface area (Å²) in [6.45, 7) is 2.00. The van der Waals surface area contributed by atoms with Gasteiger partial charge in [-0.1, -0.05) is 36.4 Å². The van der Waals surface area contributed by atoms with Crippen LogP contribution in [0.5, 0.6) is 5.75 Å². The third-order valence-corrected chi connectivity index (χ3v) is 4.78. The van der Waals surface area contributed by atoms with Crippen LogP contribution in [0.25, 0.3) is 10.9 Å². The summed E-state index contributed by atoms with van der Waals surface area (Å²) in [7, 11) is 1.51. The molecule has 0 atom stereocenters. The minimum absolute atomic E-state index is 0.0290. The summed E-state index contributed by atoms with van der Waals surface area (Å²) in [5, 5.41) is 7.99. The Labute approximate surface area is 184 Å². The van der Waals surface area contributed by atoms with Crippen LogP contribution in [0.1, 0.15) is 21.7 Å². The van der Waals surface area contributed by atoms with Gasteiger partial charge in [0.15, 0.2) is 0 Å². The Balaban J connectivity index is 1.49. The van der Waals surface area contributed by atoms with Crippen LogP contribution in [-0.4, -0.2) is 33.8 Å². The second-order valence-corrected chi connectivity index (χ2v) is 7.20. The second kappa shape index (κ2) is 9.30. The molecule has 4 aromatic rings. The number of aryl methyl sites for hydroxylation is 1. The molecule has 4 rings (SSSR count). The Morgan fingerprint density at radius 1 is 1.06 bits per heavy atom. The number of esters is 1. The lowest BCUT2D eigenvalue weighted by Gasteiger charge is -2.10. The number of nitrogens with one attached hydrogen (secondary N) is 1. The molecule has 1 amide bonds. The van der Waals surface area contributed by atoms with Crippen molar-refractivity contribution >= 4 is 28.5 Å². The molecule has 0 fully saturated rings. The molecular formula is C24H22N4O4. The molecule has 2 aromatic carbocycles. The van der Waals surface area contributed by atoms with Crippen LogP contribution >= 0.6 is 0 Å². The van der Waals surface area contributed by atoms with Crippen molar-refractivity contribution in [1.29, 1.82) is 0 Å². The zero-order chi connectivity index (χ0) is 22.5. The van der Waals surface area contributed by atoms with E-state index in [0.717, 1.165) is 16.6 Å². The standard InChI is InChI=1S/C24H22N4O4/c1-16-7-6-10-19(25-16)24(30)26-21-11-18-13-28(27-20(18)12-22(21)31-2)14-23(29)32-15-17-8-4-3-5-9-17/h3-13H,14-15H2,1-2H3,(H,26,30). The molecule has 32 heavy (non-hydrogen) atoms. The van der Waals surface area contributed by atoms with Gasteiger partial charge in [0.1, 0.15) is 24.6 Å². The Bertz CT molecular complexity index is 1270. The molecule has 0 bridgehead atoms. The Hall–Kier alpha value is -4.20. The maximum Gasteiger partial charge on any atom is 0.328 e. The van der Waals surface area contributed by atoms with E-state index in [1.165, 1.54) is 11.8 Å². The van der Waals surface area contributed by atoms with Crippen LogP contribution in [0.3, 0.4) is 0 Å². The van der Waals surface area contributed by atoms with E-state index in [4.69, 9.17) is 9.47 Å². The number of aromatic nitrogens is 3. The van der Waals surface area contributed by atoms with Crippen LogP contribution in [0.4, 0.5) is 5.69 Å². The summed E-state index contributed by atoms with van der Waals surface area (Å²) < 4.78 is 12.2. The number of carbonyl (C=O) groups is 2. The zero-order valence-corrected chi connectivity index (χ0v) is 17.7. The Kier molecular flexibility index (Phi) is 6.12. The van der Waals surface area contributed by atoms with E-state index in [1.807, 2.05) is 43.3 Å². The number of pyridine rings is 1. The first kappa shape index (κ1) is 21.0. The molecule has 0 aliphatic carbocycles. The molecule has 2 heterocycles. The van der Waals surface area contributed by atoms with Crippen molar-refractivity contribution in [3.05, 3.63) is 83.8 Å². The maximum atomic E-state index is 12.6. The molecular weight excluding hydrogens is 408 g/mol. The van der Waals surface area contributed by atoms with Gasteiger partial charge in [-0.3, -0.25) is 14.3 Å². The summed E-state index contributed by atoms with van der Waals surface area (Å²) in [6.07, 6.45) is 1.72. The van der Waals surface area contributed by atoms with Crippen molar-refractivity contribution in [3.63, 3.8) is 0 Å². The van der Waals surface area contributed by atoms with E-state index in [2.05, 4.69) is 15.4 Å². The zero-order valence-electron chi connectivity index (χ0n) is 17.7. The van der Waals surface area contributed by atoms with E-state index in [9.17, 15) is 9.59 Å². The second-order valence-electron chi connectivity index (χ2n) is 7.20. The lowest BCUT2D eigenvalue weighted by Crippen LogP contribution is -2.14. The predicted molar refractivity (Wildman–Crippen MR) is 119 cm³/mol.